The Hall–Kier alpha value is -0.690. The third kappa shape index (κ3) is 34.8. The zero-order valence-corrected chi connectivity index (χ0v) is 34.4. The maximum absolute atomic E-state index is 12.5. The first-order chi connectivity index (χ1) is 25.0. The summed E-state index contributed by atoms with van der Waals surface area (Å²) < 4.78 is 0. The molecule has 1 unspecified atom stereocenters. The SMILES string of the molecule is CCCCCCCCCCCCCCCCCCCCCCCCCC(O)C(=O)N[C@@H](CO)[C@H](O)[C@H](O)CCCCCCCCCCCCCC. The molecular formula is C45H91NO5. The number of amides is 1. The Morgan fingerprint density at radius 1 is 0.412 bits per heavy atom. The van der Waals surface area contributed by atoms with Gasteiger partial charge < -0.3 is 25.7 Å². The Morgan fingerprint density at radius 3 is 0.941 bits per heavy atom. The third-order valence-corrected chi connectivity index (χ3v) is 11.1. The van der Waals surface area contributed by atoms with E-state index >= 15 is 0 Å². The Labute approximate surface area is 318 Å². The molecule has 0 aliphatic heterocycles. The van der Waals surface area contributed by atoms with Crippen molar-refractivity contribution in [2.24, 2.45) is 0 Å². The molecule has 0 aliphatic rings. The van der Waals surface area contributed by atoms with Crippen LogP contribution >= 0.6 is 0 Å². The molecule has 1 amide bonds. The molecule has 0 heterocycles. The molecule has 0 fully saturated rings. The van der Waals surface area contributed by atoms with Crippen LogP contribution in [-0.4, -0.2) is 57.3 Å². The molecule has 0 saturated carbocycles. The van der Waals surface area contributed by atoms with E-state index in [1.165, 1.54) is 186 Å². The molecule has 6 heteroatoms. The Kier molecular flexibility index (Phi) is 39.9. The first kappa shape index (κ1) is 50.3. The van der Waals surface area contributed by atoms with E-state index in [1.54, 1.807) is 0 Å². The number of carbonyl (C=O) groups is 1. The van der Waals surface area contributed by atoms with Crippen LogP contribution in [-0.2, 0) is 4.79 Å². The molecule has 0 aromatic carbocycles. The Balaban J connectivity index is 3.63. The zero-order chi connectivity index (χ0) is 37.5. The predicted molar refractivity (Wildman–Crippen MR) is 219 cm³/mol. The number of rotatable bonds is 42. The predicted octanol–water partition coefficient (Wildman–Crippen LogP) is 12.0. The maximum atomic E-state index is 12.5. The van der Waals surface area contributed by atoms with Crippen molar-refractivity contribution in [3.8, 4) is 0 Å². The van der Waals surface area contributed by atoms with Crippen LogP contribution in [0.1, 0.15) is 251 Å². The summed E-state index contributed by atoms with van der Waals surface area (Å²) in [5.74, 6) is -0.579. The van der Waals surface area contributed by atoms with Crippen molar-refractivity contribution < 1.29 is 25.2 Å². The minimum absolute atomic E-state index is 0.376. The van der Waals surface area contributed by atoms with Crippen LogP contribution in [0.3, 0.4) is 0 Å². The number of aliphatic hydroxyl groups excluding tert-OH is 4. The summed E-state index contributed by atoms with van der Waals surface area (Å²) in [5.41, 5.74) is 0. The minimum Gasteiger partial charge on any atom is -0.394 e. The zero-order valence-electron chi connectivity index (χ0n) is 34.4. The molecule has 0 saturated heterocycles. The van der Waals surface area contributed by atoms with Gasteiger partial charge in [-0.1, -0.05) is 239 Å². The van der Waals surface area contributed by atoms with Crippen LogP contribution in [0.2, 0.25) is 0 Å². The van der Waals surface area contributed by atoms with Crippen molar-refractivity contribution >= 4 is 5.91 Å². The first-order valence-electron chi connectivity index (χ1n) is 22.9. The van der Waals surface area contributed by atoms with Gasteiger partial charge in [0.1, 0.15) is 12.2 Å². The van der Waals surface area contributed by atoms with Crippen LogP contribution in [0, 0.1) is 0 Å². The lowest BCUT2D eigenvalue weighted by molar-refractivity contribution is -0.132. The summed E-state index contributed by atoms with van der Waals surface area (Å²) in [7, 11) is 0. The van der Waals surface area contributed by atoms with Crippen LogP contribution in [0.15, 0.2) is 0 Å². The molecule has 5 N–H and O–H groups in total. The standard InChI is InChI=1S/C45H91NO5/c1-3-5-7-9-11-13-15-17-18-19-20-21-22-23-24-25-26-27-29-31-33-35-37-39-43(49)45(51)46-41(40-47)44(50)42(48)38-36-34-32-30-28-16-14-12-10-8-6-4-2/h41-44,47-50H,3-40H2,1-2H3,(H,46,51)/t41-,42+,43?,44-/m0/s1. The second kappa shape index (κ2) is 40.5. The Morgan fingerprint density at radius 2 is 0.667 bits per heavy atom. The van der Waals surface area contributed by atoms with E-state index in [2.05, 4.69) is 19.2 Å². The molecule has 0 spiro atoms. The van der Waals surface area contributed by atoms with Crippen LogP contribution in [0.4, 0.5) is 0 Å². The molecule has 0 aliphatic carbocycles. The highest BCUT2D eigenvalue weighted by molar-refractivity contribution is 5.80. The van der Waals surface area contributed by atoms with Gasteiger partial charge in [-0.3, -0.25) is 4.79 Å². The van der Waals surface area contributed by atoms with E-state index in [1.807, 2.05) is 0 Å². The van der Waals surface area contributed by atoms with E-state index in [4.69, 9.17) is 0 Å². The van der Waals surface area contributed by atoms with Gasteiger partial charge in [0.25, 0.3) is 0 Å². The average molecular weight is 726 g/mol. The molecule has 0 rings (SSSR count). The highest BCUT2D eigenvalue weighted by atomic mass is 16.3. The van der Waals surface area contributed by atoms with Crippen molar-refractivity contribution in [2.75, 3.05) is 6.61 Å². The lowest BCUT2D eigenvalue weighted by Crippen LogP contribution is -2.53. The van der Waals surface area contributed by atoms with Crippen molar-refractivity contribution in [2.45, 2.75) is 276 Å². The number of hydrogen-bond acceptors (Lipinski definition) is 5. The van der Waals surface area contributed by atoms with Gasteiger partial charge in [-0.15, -0.1) is 0 Å². The minimum atomic E-state index is -1.25. The van der Waals surface area contributed by atoms with E-state index in [9.17, 15) is 25.2 Å². The average Bonchev–Trinajstić information content (AvgIpc) is 3.13. The number of aliphatic hydroxyl groups is 4. The van der Waals surface area contributed by atoms with Crippen LogP contribution < -0.4 is 5.32 Å². The molecular weight excluding hydrogens is 634 g/mol. The summed E-state index contributed by atoms with van der Waals surface area (Å²) in [6.45, 7) is 4.06. The molecule has 6 nitrogen and oxygen atoms in total. The summed E-state index contributed by atoms with van der Waals surface area (Å²) in [6.07, 6.45) is 42.8. The summed E-state index contributed by atoms with van der Waals surface area (Å²) in [6, 6.07) is -0.978. The van der Waals surface area contributed by atoms with Crippen molar-refractivity contribution in [1.82, 2.24) is 5.32 Å². The van der Waals surface area contributed by atoms with E-state index < -0.39 is 36.9 Å². The van der Waals surface area contributed by atoms with Gasteiger partial charge >= 0.3 is 0 Å². The van der Waals surface area contributed by atoms with Crippen LogP contribution in [0.25, 0.3) is 0 Å². The number of nitrogens with one attached hydrogen (secondary N) is 1. The normalized spacial score (nSPS) is 14.1. The molecule has 0 bridgehead atoms. The van der Waals surface area contributed by atoms with E-state index in [-0.39, 0.29) is 0 Å². The lowest BCUT2D eigenvalue weighted by Gasteiger charge is -2.27. The fraction of sp³-hybridized carbons (Fsp3) is 0.978. The van der Waals surface area contributed by atoms with Crippen molar-refractivity contribution in [3.05, 3.63) is 0 Å². The summed E-state index contributed by atoms with van der Waals surface area (Å²) in [4.78, 5) is 12.5. The molecule has 306 valence electrons. The van der Waals surface area contributed by atoms with Crippen molar-refractivity contribution in [1.29, 1.82) is 0 Å². The number of carbonyl (C=O) groups excluding carboxylic acids is 1. The molecule has 51 heavy (non-hydrogen) atoms. The smallest absolute Gasteiger partial charge is 0.249 e. The largest absolute Gasteiger partial charge is 0.394 e. The van der Waals surface area contributed by atoms with Gasteiger partial charge in [-0.25, -0.2) is 0 Å². The second-order valence-electron chi connectivity index (χ2n) is 16.1. The highest BCUT2D eigenvalue weighted by Gasteiger charge is 2.28. The monoisotopic (exact) mass is 726 g/mol. The summed E-state index contributed by atoms with van der Waals surface area (Å²) in [5, 5.41) is 43.7. The molecule has 0 radical (unpaired) electrons. The van der Waals surface area contributed by atoms with Crippen molar-refractivity contribution in [3.63, 3.8) is 0 Å². The fourth-order valence-electron chi connectivity index (χ4n) is 7.41. The fourth-order valence-corrected chi connectivity index (χ4v) is 7.41. The molecule has 0 aromatic heterocycles. The van der Waals surface area contributed by atoms with Gasteiger partial charge in [-0.2, -0.15) is 0 Å². The van der Waals surface area contributed by atoms with Gasteiger partial charge in [0.15, 0.2) is 0 Å². The number of unbranched alkanes of at least 4 members (excludes halogenated alkanes) is 33. The quantitative estimate of drug-likeness (QED) is 0.0402. The van der Waals surface area contributed by atoms with E-state index in [0.29, 0.717) is 12.8 Å². The van der Waals surface area contributed by atoms with Gasteiger partial charge in [0.05, 0.1) is 18.8 Å². The highest BCUT2D eigenvalue weighted by Crippen LogP contribution is 2.17. The number of hydrogen-bond donors (Lipinski definition) is 5. The second-order valence-corrected chi connectivity index (χ2v) is 16.1. The Bertz CT molecular complexity index is 692. The lowest BCUT2D eigenvalue weighted by atomic mass is 9.99. The summed E-state index contributed by atoms with van der Waals surface area (Å²) >= 11 is 0. The topological polar surface area (TPSA) is 110 Å². The third-order valence-electron chi connectivity index (χ3n) is 11.1. The molecule has 0 aromatic rings. The molecule has 4 atom stereocenters. The van der Waals surface area contributed by atoms with E-state index in [0.717, 1.165) is 38.5 Å². The van der Waals surface area contributed by atoms with Gasteiger partial charge in [-0.05, 0) is 12.8 Å². The maximum Gasteiger partial charge on any atom is 0.249 e. The van der Waals surface area contributed by atoms with Gasteiger partial charge in [0, 0.05) is 0 Å². The van der Waals surface area contributed by atoms with Crippen LogP contribution in [0.5, 0.6) is 0 Å². The first-order valence-corrected chi connectivity index (χ1v) is 22.9. The van der Waals surface area contributed by atoms with Gasteiger partial charge in [0.2, 0.25) is 5.91 Å².